The van der Waals surface area contributed by atoms with Crippen LogP contribution in [0.5, 0.6) is 0 Å². The van der Waals surface area contributed by atoms with E-state index >= 15 is 0 Å². The Balaban J connectivity index is -0.00000288. The molecule has 0 heterocycles. The van der Waals surface area contributed by atoms with Crippen LogP contribution >= 0.6 is 7.82 Å². The summed E-state index contributed by atoms with van der Waals surface area (Å²) < 4.78 is 14.4. The standard InChI is InChI=1S/C18H38NO5P.2Na/c1-2-3-4-5-6-7-8-9-10-11-12-13-14-15-18(20)17(19)16-24-25(21,22)23;;/h14-15,17-18,20H,2-13,16,19H2,1H3,(H2,21,22,23);;/q;2*+1/p-2/b15-14+;;/t17-,18+;;/m0../s1. The van der Waals surface area contributed by atoms with Crippen LogP contribution in [-0.2, 0) is 9.09 Å². The molecule has 0 bridgehead atoms. The predicted molar refractivity (Wildman–Crippen MR) is 97.8 cm³/mol. The molecule has 0 unspecified atom stereocenters. The van der Waals surface area contributed by atoms with Crippen molar-refractivity contribution in [2.24, 2.45) is 5.73 Å². The van der Waals surface area contributed by atoms with Gasteiger partial charge in [-0.1, -0.05) is 83.3 Å². The summed E-state index contributed by atoms with van der Waals surface area (Å²) in [7, 11) is -5.03. The van der Waals surface area contributed by atoms with Gasteiger partial charge in [-0.2, -0.15) is 0 Å². The van der Waals surface area contributed by atoms with Gasteiger partial charge in [0.1, 0.15) is 0 Å². The van der Waals surface area contributed by atoms with Crippen molar-refractivity contribution in [2.45, 2.75) is 96.1 Å². The molecule has 0 aliphatic heterocycles. The fourth-order valence-electron chi connectivity index (χ4n) is 2.58. The fourth-order valence-corrected chi connectivity index (χ4v) is 2.94. The Kier molecular flexibility index (Phi) is 27.8. The molecule has 27 heavy (non-hydrogen) atoms. The van der Waals surface area contributed by atoms with Crippen LogP contribution in [0.3, 0.4) is 0 Å². The Labute approximate surface area is 209 Å². The molecule has 150 valence electrons. The summed E-state index contributed by atoms with van der Waals surface area (Å²) in [6.45, 7) is 1.73. The monoisotopic (exact) mass is 423 g/mol. The van der Waals surface area contributed by atoms with Gasteiger partial charge in [-0.05, 0) is 12.8 Å². The van der Waals surface area contributed by atoms with E-state index in [1.165, 1.54) is 70.3 Å². The van der Waals surface area contributed by atoms with Crippen LogP contribution in [0.15, 0.2) is 12.2 Å². The second-order valence-corrected chi connectivity index (χ2v) is 7.80. The SMILES string of the molecule is CCCCCCCCCCCCC/C=C/[C@@H](O)[C@@H](N)COP(=O)([O-])[O-].[Na+].[Na+]. The number of hydrogen-bond donors (Lipinski definition) is 2. The van der Waals surface area contributed by atoms with Gasteiger partial charge in [-0.15, -0.1) is 0 Å². The molecule has 0 saturated heterocycles. The van der Waals surface area contributed by atoms with Crippen molar-refractivity contribution >= 4 is 7.82 Å². The number of hydrogen-bond acceptors (Lipinski definition) is 6. The van der Waals surface area contributed by atoms with Crippen LogP contribution in [0.4, 0.5) is 0 Å². The minimum atomic E-state index is -5.03. The van der Waals surface area contributed by atoms with Crippen LogP contribution in [0.25, 0.3) is 0 Å². The van der Waals surface area contributed by atoms with Crippen LogP contribution in [0.1, 0.15) is 84.0 Å². The molecule has 0 aliphatic carbocycles. The van der Waals surface area contributed by atoms with Crippen molar-refractivity contribution < 1.29 is 83.1 Å². The Morgan fingerprint density at radius 3 is 1.85 bits per heavy atom. The Hall–Kier alpha value is 1.77. The van der Waals surface area contributed by atoms with Crippen molar-refractivity contribution in [3.63, 3.8) is 0 Å². The van der Waals surface area contributed by atoms with E-state index in [-0.39, 0.29) is 59.1 Å². The van der Waals surface area contributed by atoms with Crippen LogP contribution in [-0.4, -0.2) is 23.9 Å². The molecule has 0 aliphatic rings. The van der Waals surface area contributed by atoms with Gasteiger partial charge in [0.15, 0.2) is 0 Å². The molecule has 2 atom stereocenters. The third-order valence-corrected chi connectivity index (χ3v) is 4.64. The quantitative estimate of drug-likeness (QED) is 0.110. The van der Waals surface area contributed by atoms with E-state index in [9.17, 15) is 19.5 Å². The predicted octanol–water partition coefficient (Wildman–Crippen LogP) is -3.21. The number of nitrogens with two attached hydrogens (primary N) is 1. The molecule has 6 nitrogen and oxygen atoms in total. The Morgan fingerprint density at radius 1 is 0.963 bits per heavy atom. The zero-order valence-electron chi connectivity index (χ0n) is 17.6. The zero-order chi connectivity index (χ0) is 19.0. The number of rotatable bonds is 17. The third-order valence-electron chi connectivity index (χ3n) is 4.17. The van der Waals surface area contributed by atoms with E-state index in [0.717, 1.165) is 12.8 Å². The van der Waals surface area contributed by atoms with Gasteiger partial charge in [-0.25, -0.2) is 0 Å². The summed E-state index contributed by atoms with van der Waals surface area (Å²) in [5.74, 6) is 0. The zero-order valence-corrected chi connectivity index (χ0v) is 22.5. The summed E-state index contributed by atoms with van der Waals surface area (Å²) in [5.41, 5.74) is 5.55. The van der Waals surface area contributed by atoms with E-state index in [0.29, 0.717) is 0 Å². The first-order chi connectivity index (χ1) is 11.9. The van der Waals surface area contributed by atoms with Crippen LogP contribution in [0.2, 0.25) is 0 Å². The first-order valence-corrected chi connectivity index (χ1v) is 11.1. The fraction of sp³-hybridized carbons (Fsp3) is 0.889. The second-order valence-electron chi connectivity index (χ2n) is 6.65. The molecule has 0 spiro atoms. The Bertz CT molecular complexity index is 383. The van der Waals surface area contributed by atoms with Gasteiger partial charge >= 0.3 is 59.1 Å². The van der Waals surface area contributed by atoms with Crippen molar-refractivity contribution in [3.05, 3.63) is 12.2 Å². The van der Waals surface area contributed by atoms with Gasteiger partial charge in [0.25, 0.3) is 0 Å². The molecule has 0 aromatic rings. The molecule has 0 radical (unpaired) electrons. The maximum absolute atomic E-state index is 10.3. The van der Waals surface area contributed by atoms with Crippen molar-refractivity contribution in [2.75, 3.05) is 6.61 Å². The van der Waals surface area contributed by atoms with E-state index < -0.39 is 26.6 Å². The van der Waals surface area contributed by atoms with E-state index in [1.807, 2.05) is 6.08 Å². The largest absolute Gasteiger partial charge is 1.00 e. The molecule has 0 aromatic carbocycles. The maximum Gasteiger partial charge on any atom is 1.00 e. The van der Waals surface area contributed by atoms with Gasteiger partial charge in [0, 0.05) is 0 Å². The summed E-state index contributed by atoms with van der Waals surface area (Å²) >= 11 is 0. The summed E-state index contributed by atoms with van der Waals surface area (Å²) in [6, 6.07) is -0.926. The van der Waals surface area contributed by atoms with Gasteiger partial charge in [-0.3, -0.25) is 0 Å². The molecule has 0 amide bonds. The molecule has 0 saturated carbocycles. The molecule has 0 fully saturated rings. The maximum atomic E-state index is 10.3. The van der Waals surface area contributed by atoms with Gasteiger partial charge < -0.3 is 29.7 Å². The summed E-state index contributed by atoms with van der Waals surface area (Å²) in [5, 5.41) is 9.71. The first kappa shape index (κ1) is 33.4. The number of aliphatic hydroxyl groups is 1. The third kappa shape index (κ3) is 25.7. The van der Waals surface area contributed by atoms with E-state index in [4.69, 9.17) is 5.73 Å². The second kappa shape index (κ2) is 22.5. The first-order valence-electron chi connectivity index (χ1n) is 9.63. The minimum absolute atomic E-state index is 0. The number of unbranched alkanes of at least 4 members (excludes halogenated alkanes) is 11. The average Bonchev–Trinajstić information content (AvgIpc) is 2.56. The van der Waals surface area contributed by atoms with Crippen molar-refractivity contribution in [3.8, 4) is 0 Å². The van der Waals surface area contributed by atoms with Crippen LogP contribution in [0, 0.1) is 0 Å². The minimum Gasteiger partial charge on any atom is -0.790 e. The molecule has 3 N–H and O–H groups in total. The van der Waals surface area contributed by atoms with E-state index in [1.54, 1.807) is 0 Å². The van der Waals surface area contributed by atoms with Crippen molar-refractivity contribution in [1.82, 2.24) is 0 Å². The molecule has 0 aromatic heterocycles. The van der Waals surface area contributed by atoms with Crippen molar-refractivity contribution in [1.29, 1.82) is 0 Å². The van der Waals surface area contributed by atoms with Crippen LogP contribution < -0.4 is 74.6 Å². The number of phosphoric ester groups is 1. The molecular formula is C18H36NNa2O5P. The van der Waals surface area contributed by atoms with Gasteiger partial charge in [0.05, 0.1) is 26.6 Å². The van der Waals surface area contributed by atoms with Gasteiger partial charge in [0.2, 0.25) is 0 Å². The van der Waals surface area contributed by atoms with E-state index in [2.05, 4.69) is 11.4 Å². The molecule has 9 heteroatoms. The average molecular weight is 423 g/mol. The number of phosphoric acid groups is 1. The number of aliphatic hydroxyl groups excluding tert-OH is 1. The smallest absolute Gasteiger partial charge is 0.790 e. The topological polar surface area (TPSA) is 119 Å². The summed E-state index contributed by atoms with van der Waals surface area (Å²) in [6.07, 6.45) is 17.4. The molecular weight excluding hydrogens is 387 g/mol. The Morgan fingerprint density at radius 2 is 1.41 bits per heavy atom. The normalized spacial score (nSPS) is 13.8. The summed E-state index contributed by atoms with van der Waals surface area (Å²) in [4.78, 5) is 20.7. The molecule has 0 rings (SSSR count). The number of allylic oxidation sites excluding steroid dienone is 1.